The zero-order valence-corrected chi connectivity index (χ0v) is 17.4. The van der Waals surface area contributed by atoms with Crippen molar-refractivity contribution >= 4 is 39.0 Å². The lowest BCUT2D eigenvalue weighted by Gasteiger charge is -2.27. The Hall–Kier alpha value is -2.58. The Bertz CT molecular complexity index is 1010. The Morgan fingerprint density at radius 2 is 2.00 bits per heavy atom. The summed E-state index contributed by atoms with van der Waals surface area (Å²) in [6.07, 6.45) is 3.90. The van der Waals surface area contributed by atoms with Crippen LogP contribution in [0.4, 0.5) is 15.3 Å². The van der Waals surface area contributed by atoms with Crippen LogP contribution in [-0.2, 0) is 4.79 Å². The summed E-state index contributed by atoms with van der Waals surface area (Å²) in [7, 11) is 3.95. The normalized spacial score (nSPS) is 15.6. The molecule has 0 bridgehead atoms. The zero-order chi connectivity index (χ0) is 20.4. The number of nitrogens with one attached hydrogen (secondary N) is 1. The number of nitrogens with zero attached hydrogens (tertiary/aromatic N) is 4. The van der Waals surface area contributed by atoms with Crippen LogP contribution in [0.15, 0.2) is 36.7 Å². The molecule has 4 rings (SSSR count). The van der Waals surface area contributed by atoms with Gasteiger partial charge in [-0.3, -0.25) is 9.69 Å². The van der Waals surface area contributed by atoms with E-state index in [0.717, 1.165) is 26.3 Å². The van der Waals surface area contributed by atoms with Gasteiger partial charge in [-0.1, -0.05) is 23.5 Å². The number of carbonyl (C=O) groups excluding carboxylic acids is 1. The standard InChI is InChI=1S/C21H24FN5OS/c1-26(2)21-24-12-18(29-21)14-3-4-15-11-23-19(10-16(15)9-14)25-20(28)13-27-7-5-17(22)6-8-27/h3-4,9-12,17H,5-8,13H2,1-2H3,(H,23,25,28). The highest BCUT2D eigenvalue weighted by molar-refractivity contribution is 7.18. The smallest absolute Gasteiger partial charge is 0.239 e. The summed E-state index contributed by atoms with van der Waals surface area (Å²) in [6, 6.07) is 8.06. The molecule has 1 amide bonds. The molecule has 8 heteroatoms. The van der Waals surface area contributed by atoms with Gasteiger partial charge in [-0.05, 0) is 35.9 Å². The topological polar surface area (TPSA) is 61.4 Å². The van der Waals surface area contributed by atoms with Gasteiger partial charge in [0, 0.05) is 45.0 Å². The minimum Gasteiger partial charge on any atom is -0.354 e. The number of anilines is 2. The summed E-state index contributed by atoms with van der Waals surface area (Å²) in [4.78, 5) is 26.2. The Balaban J connectivity index is 1.48. The number of hydrogen-bond acceptors (Lipinski definition) is 6. The maximum atomic E-state index is 13.2. The predicted molar refractivity (Wildman–Crippen MR) is 116 cm³/mol. The van der Waals surface area contributed by atoms with Crippen molar-refractivity contribution in [3.05, 3.63) is 36.7 Å². The minimum absolute atomic E-state index is 0.122. The quantitative estimate of drug-likeness (QED) is 0.689. The van der Waals surface area contributed by atoms with Crippen molar-refractivity contribution in [1.82, 2.24) is 14.9 Å². The molecule has 1 fully saturated rings. The van der Waals surface area contributed by atoms with Gasteiger partial charge in [-0.15, -0.1) is 0 Å². The van der Waals surface area contributed by atoms with Crippen molar-refractivity contribution in [2.24, 2.45) is 0 Å². The van der Waals surface area contributed by atoms with Crippen molar-refractivity contribution in [2.45, 2.75) is 19.0 Å². The van der Waals surface area contributed by atoms with Crippen LogP contribution in [0.2, 0.25) is 0 Å². The highest BCUT2D eigenvalue weighted by Gasteiger charge is 2.20. The van der Waals surface area contributed by atoms with Crippen LogP contribution in [0.25, 0.3) is 21.2 Å². The number of likely N-dealkylation sites (tertiary alicyclic amines) is 1. The molecular weight excluding hydrogens is 389 g/mol. The number of fused-ring (bicyclic) bond motifs is 1. The number of alkyl halides is 1. The lowest BCUT2D eigenvalue weighted by atomic mass is 10.1. The second kappa shape index (κ2) is 8.42. The predicted octanol–water partition coefficient (Wildman–Crippen LogP) is 3.80. The first-order valence-electron chi connectivity index (χ1n) is 9.67. The first-order chi connectivity index (χ1) is 14.0. The van der Waals surface area contributed by atoms with E-state index in [1.807, 2.05) is 42.2 Å². The lowest BCUT2D eigenvalue weighted by molar-refractivity contribution is -0.117. The highest BCUT2D eigenvalue weighted by Crippen LogP contribution is 2.32. The molecule has 1 aliphatic heterocycles. The number of aromatic nitrogens is 2. The largest absolute Gasteiger partial charge is 0.354 e. The molecule has 0 spiro atoms. The summed E-state index contributed by atoms with van der Waals surface area (Å²) >= 11 is 1.63. The third-order valence-corrected chi connectivity index (χ3v) is 6.25. The minimum atomic E-state index is -0.738. The SMILES string of the molecule is CN(C)c1ncc(-c2ccc3cnc(NC(=O)CN4CCC(F)CC4)cc3c2)s1. The maximum Gasteiger partial charge on any atom is 0.239 e. The molecule has 0 radical (unpaired) electrons. The Morgan fingerprint density at radius 1 is 1.21 bits per heavy atom. The number of benzene rings is 1. The molecule has 1 N–H and O–H groups in total. The molecule has 2 aromatic heterocycles. The summed E-state index contributed by atoms with van der Waals surface area (Å²) < 4.78 is 13.2. The zero-order valence-electron chi connectivity index (χ0n) is 16.6. The van der Waals surface area contributed by atoms with Crippen molar-refractivity contribution in [3.63, 3.8) is 0 Å². The van der Waals surface area contributed by atoms with Crippen LogP contribution >= 0.6 is 11.3 Å². The fourth-order valence-corrected chi connectivity index (χ4v) is 4.25. The van der Waals surface area contributed by atoms with Gasteiger partial charge in [0.1, 0.15) is 12.0 Å². The van der Waals surface area contributed by atoms with Gasteiger partial charge in [0.25, 0.3) is 0 Å². The van der Waals surface area contributed by atoms with E-state index < -0.39 is 6.17 Å². The molecule has 0 saturated carbocycles. The van der Waals surface area contributed by atoms with Gasteiger partial charge >= 0.3 is 0 Å². The summed E-state index contributed by atoms with van der Waals surface area (Å²) in [5, 5.41) is 5.84. The monoisotopic (exact) mass is 413 g/mol. The number of piperidine rings is 1. The first-order valence-corrected chi connectivity index (χ1v) is 10.5. The molecule has 29 heavy (non-hydrogen) atoms. The van der Waals surface area contributed by atoms with Crippen LogP contribution < -0.4 is 10.2 Å². The molecular formula is C21H24FN5OS. The molecule has 6 nitrogen and oxygen atoms in total. The third kappa shape index (κ3) is 4.71. The number of halogens is 1. The highest BCUT2D eigenvalue weighted by atomic mass is 32.1. The Kier molecular flexibility index (Phi) is 5.73. The molecule has 0 aliphatic carbocycles. The molecule has 1 saturated heterocycles. The van der Waals surface area contributed by atoms with E-state index in [1.54, 1.807) is 17.5 Å². The number of pyridine rings is 1. The average molecular weight is 414 g/mol. The summed E-state index contributed by atoms with van der Waals surface area (Å²) in [6.45, 7) is 1.50. The van der Waals surface area contributed by atoms with Crippen LogP contribution in [0.1, 0.15) is 12.8 Å². The molecule has 0 unspecified atom stereocenters. The second-order valence-corrected chi connectivity index (χ2v) is 8.54. The van der Waals surface area contributed by atoms with Crippen molar-refractivity contribution in [1.29, 1.82) is 0 Å². The molecule has 1 aromatic carbocycles. The first kappa shape index (κ1) is 19.7. The van der Waals surface area contributed by atoms with E-state index in [2.05, 4.69) is 27.4 Å². The van der Waals surface area contributed by atoms with E-state index in [-0.39, 0.29) is 12.5 Å². The van der Waals surface area contributed by atoms with Crippen molar-refractivity contribution < 1.29 is 9.18 Å². The Morgan fingerprint density at radius 3 is 2.72 bits per heavy atom. The summed E-state index contributed by atoms with van der Waals surface area (Å²) in [5.41, 5.74) is 1.08. The molecule has 152 valence electrons. The second-order valence-electron chi connectivity index (χ2n) is 7.53. The third-order valence-electron chi connectivity index (χ3n) is 5.03. The number of rotatable bonds is 5. The van der Waals surface area contributed by atoms with Gasteiger partial charge in [-0.25, -0.2) is 14.4 Å². The van der Waals surface area contributed by atoms with Crippen LogP contribution in [0.5, 0.6) is 0 Å². The Labute approximate surface area is 173 Å². The fourth-order valence-electron chi connectivity index (χ4n) is 3.41. The van der Waals surface area contributed by atoms with Crippen molar-refractivity contribution in [3.8, 4) is 10.4 Å². The van der Waals surface area contributed by atoms with Gasteiger partial charge in [0.15, 0.2) is 5.13 Å². The molecule has 3 heterocycles. The summed E-state index contributed by atoms with van der Waals surface area (Å²) in [5.74, 6) is 0.404. The average Bonchev–Trinajstić information content (AvgIpc) is 3.20. The molecule has 3 aromatic rings. The maximum absolute atomic E-state index is 13.2. The van der Waals surface area contributed by atoms with Crippen LogP contribution in [-0.4, -0.2) is 60.7 Å². The number of carbonyl (C=O) groups is 1. The van der Waals surface area contributed by atoms with Gasteiger partial charge in [-0.2, -0.15) is 0 Å². The number of hydrogen-bond donors (Lipinski definition) is 1. The van der Waals surface area contributed by atoms with Crippen LogP contribution in [0, 0.1) is 0 Å². The van der Waals surface area contributed by atoms with E-state index >= 15 is 0 Å². The van der Waals surface area contributed by atoms with Gasteiger partial charge < -0.3 is 10.2 Å². The van der Waals surface area contributed by atoms with E-state index in [0.29, 0.717) is 31.7 Å². The number of amides is 1. The van der Waals surface area contributed by atoms with Crippen molar-refractivity contribution in [2.75, 3.05) is 43.9 Å². The van der Waals surface area contributed by atoms with E-state index in [4.69, 9.17) is 0 Å². The lowest BCUT2D eigenvalue weighted by Crippen LogP contribution is -2.39. The van der Waals surface area contributed by atoms with E-state index in [1.165, 1.54) is 0 Å². The fraction of sp³-hybridized carbons (Fsp3) is 0.381. The van der Waals surface area contributed by atoms with Gasteiger partial charge in [0.2, 0.25) is 5.91 Å². The van der Waals surface area contributed by atoms with Gasteiger partial charge in [0.05, 0.1) is 11.4 Å². The van der Waals surface area contributed by atoms with E-state index in [9.17, 15) is 9.18 Å². The molecule has 1 aliphatic rings. The molecule has 0 atom stereocenters. The number of thiazole rings is 1. The van der Waals surface area contributed by atoms with Crippen LogP contribution in [0.3, 0.4) is 0 Å².